The molecule has 1 aromatic rings. The van der Waals surface area contributed by atoms with Crippen LogP contribution < -0.4 is 0 Å². The second-order valence-corrected chi connectivity index (χ2v) is 4.74. The molecule has 1 saturated carbocycles. The molecule has 2 nitrogen and oxygen atoms in total. The summed E-state index contributed by atoms with van der Waals surface area (Å²) in [6.45, 7) is 0.609. The lowest BCUT2D eigenvalue weighted by molar-refractivity contribution is 0.0753. The van der Waals surface area contributed by atoms with Crippen LogP contribution in [0.4, 0.5) is 0 Å². The van der Waals surface area contributed by atoms with Crippen LogP contribution in [0, 0.1) is 0 Å². The standard InChI is InChI=1S/C12H13Cl2NO/c13-6-7-15(11-4-5-11)12(16)9-2-1-3-10(14)8-9/h1-3,8,11H,4-7H2. The lowest BCUT2D eigenvalue weighted by atomic mass is 10.2. The number of halogens is 2. The SMILES string of the molecule is O=C(c1cccc(Cl)c1)N(CCCl)C1CC1. The number of hydrogen-bond acceptors (Lipinski definition) is 1. The van der Waals surface area contributed by atoms with Crippen molar-refractivity contribution in [3.63, 3.8) is 0 Å². The second kappa shape index (κ2) is 5.07. The summed E-state index contributed by atoms with van der Waals surface area (Å²) >= 11 is 11.6. The summed E-state index contributed by atoms with van der Waals surface area (Å²) in [6.07, 6.45) is 2.17. The molecule has 0 heterocycles. The highest BCUT2D eigenvalue weighted by molar-refractivity contribution is 6.31. The van der Waals surface area contributed by atoms with E-state index in [0.29, 0.717) is 29.1 Å². The van der Waals surface area contributed by atoms with E-state index in [2.05, 4.69) is 0 Å². The quantitative estimate of drug-likeness (QED) is 0.759. The summed E-state index contributed by atoms with van der Waals surface area (Å²) in [7, 11) is 0. The summed E-state index contributed by atoms with van der Waals surface area (Å²) < 4.78 is 0. The molecule has 0 N–H and O–H groups in total. The van der Waals surface area contributed by atoms with Crippen molar-refractivity contribution in [2.45, 2.75) is 18.9 Å². The van der Waals surface area contributed by atoms with Crippen LogP contribution in [0.25, 0.3) is 0 Å². The van der Waals surface area contributed by atoms with Gasteiger partial charge in [-0.05, 0) is 31.0 Å². The number of rotatable bonds is 4. The maximum Gasteiger partial charge on any atom is 0.254 e. The fourth-order valence-electron chi connectivity index (χ4n) is 1.71. The molecule has 0 atom stereocenters. The Balaban J connectivity index is 2.15. The minimum Gasteiger partial charge on any atom is -0.334 e. The van der Waals surface area contributed by atoms with Crippen molar-refractivity contribution >= 4 is 29.1 Å². The second-order valence-electron chi connectivity index (χ2n) is 3.93. The number of amides is 1. The molecule has 0 bridgehead atoms. The van der Waals surface area contributed by atoms with Gasteiger partial charge in [0.15, 0.2) is 0 Å². The first-order chi connectivity index (χ1) is 7.72. The van der Waals surface area contributed by atoms with Crippen LogP contribution in [-0.4, -0.2) is 29.3 Å². The zero-order valence-electron chi connectivity index (χ0n) is 8.83. The molecule has 1 aromatic carbocycles. The fraction of sp³-hybridized carbons (Fsp3) is 0.417. The highest BCUT2D eigenvalue weighted by atomic mass is 35.5. The van der Waals surface area contributed by atoms with E-state index in [1.165, 1.54) is 0 Å². The molecule has 0 radical (unpaired) electrons. The van der Waals surface area contributed by atoms with Crippen molar-refractivity contribution in [3.8, 4) is 0 Å². The zero-order chi connectivity index (χ0) is 11.5. The van der Waals surface area contributed by atoms with Crippen LogP contribution in [0.1, 0.15) is 23.2 Å². The van der Waals surface area contributed by atoms with Gasteiger partial charge in [0.1, 0.15) is 0 Å². The Bertz CT molecular complexity index is 390. The molecule has 0 aromatic heterocycles. The number of hydrogen-bond donors (Lipinski definition) is 0. The van der Waals surface area contributed by atoms with Gasteiger partial charge in [-0.25, -0.2) is 0 Å². The molecule has 0 aliphatic heterocycles. The first-order valence-corrected chi connectivity index (χ1v) is 6.26. The molecule has 86 valence electrons. The van der Waals surface area contributed by atoms with E-state index in [0.717, 1.165) is 12.8 Å². The zero-order valence-corrected chi connectivity index (χ0v) is 10.3. The highest BCUT2D eigenvalue weighted by Gasteiger charge is 2.32. The Hall–Kier alpha value is -0.730. The van der Waals surface area contributed by atoms with E-state index in [-0.39, 0.29) is 5.91 Å². The smallest absolute Gasteiger partial charge is 0.254 e. The highest BCUT2D eigenvalue weighted by Crippen LogP contribution is 2.28. The molecule has 4 heteroatoms. The number of nitrogens with zero attached hydrogens (tertiary/aromatic N) is 1. The van der Waals surface area contributed by atoms with Crippen molar-refractivity contribution in [2.75, 3.05) is 12.4 Å². The van der Waals surface area contributed by atoms with Gasteiger partial charge in [-0.3, -0.25) is 4.79 Å². The molecule has 0 unspecified atom stereocenters. The largest absolute Gasteiger partial charge is 0.334 e. The summed E-state index contributed by atoms with van der Waals surface area (Å²) in [6, 6.07) is 7.43. The number of carbonyl (C=O) groups excluding carboxylic acids is 1. The summed E-state index contributed by atoms with van der Waals surface area (Å²) in [5, 5.41) is 0.590. The van der Waals surface area contributed by atoms with E-state index < -0.39 is 0 Å². The first-order valence-electron chi connectivity index (χ1n) is 5.35. The monoisotopic (exact) mass is 257 g/mol. The maximum atomic E-state index is 12.2. The summed E-state index contributed by atoms with van der Waals surface area (Å²) in [5.41, 5.74) is 0.643. The van der Waals surface area contributed by atoms with E-state index in [9.17, 15) is 4.79 Å². The third kappa shape index (κ3) is 2.69. The summed E-state index contributed by atoms with van der Waals surface area (Å²) in [5.74, 6) is 0.508. The van der Waals surface area contributed by atoms with Crippen molar-refractivity contribution in [2.24, 2.45) is 0 Å². The average molecular weight is 258 g/mol. The van der Waals surface area contributed by atoms with Gasteiger partial charge >= 0.3 is 0 Å². The van der Waals surface area contributed by atoms with Crippen LogP contribution in [0.15, 0.2) is 24.3 Å². The van der Waals surface area contributed by atoms with Crippen LogP contribution in [-0.2, 0) is 0 Å². The molecule has 1 fully saturated rings. The van der Waals surface area contributed by atoms with Gasteiger partial charge in [-0.2, -0.15) is 0 Å². The number of alkyl halides is 1. The van der Waals surface area contributed by atoms with Gasteiger partial charge in [0.2, 0.25) is 0 Å². The lowest BCUT2D eigenvalue weighted by Crippen LogP contribution is -2.34. The van der Waals surface area contributed by atoms with E-state index in [1.54, 1.807) is 24.3 Å². The number of carbonyl (C=O) groups is 1. The van der Waals surface area contributed by atoms with Gasteiger partial charge in [0, 0.05) is 29.1 Å². The predicted octanol–water partition coefficient (Wildman–Crippen LogP) is 3.18. The third-order valence-electron chi connectivity index (χ3n) is 2.65. The molecule has 0 spiro atoms. The number of benzene rings is 1. The van der Waals surface area contributed by atoms with Crippen LogP contribution in [0.5, 0.6) is 0 Å². The molecule has 0 saturated heterocycles. The maximum absolute atomic E-state index is 12.2. The van der Waals surface area contributed by atoms with E-state index >= 15 is 0 Å². The Morgan fingerprint density at radius 2 is 2.19 bits per heavy atom. The molecular formula is C12H13Cl2NO. The Kier molecular flexibility index (Phi) is 3.72. The molecule has 1 aliphatic carbocycles. The minimum absolute atomic E-state index is 0.0330. The predicted molar refractivity (Wildman–Crippen MR) is 66.2 cm³/mol. The molecule has 16 heavy (non-hydrogen) atoms. The molecule has 1 amide bonds. The van der Waals surface area contributed by atoms with Crippen LogP contribution >= 0.6 is 23.2 Å². The van der Waals surface area contributed by atoms with E-state index in [4.69, 9.17) is 23.2 Å². The van der Waals surface area contributed by atoms with Gasteiger partial charge in [-0.1, -0.05) is 17.7 Å². The van der Waals surface area contributed by atoms with Gasteiger partial charge < -0.3 is 4.90 Å². The molecule has 1 aliphatic rings. The van der Waals surface area contributed by atoms with Crippen LogP contribution in [0.2, 0.25) is 5.02 Å². The first kappa shape index (κ1) is 11.7. The Morgan fingerprint density at radius 3 is 2.75 bits per heavy atom. The Morgan fingerprint density at radius 1 is 1.44 bits per heavy atom. The molecular weight excluding hydrogens is 245 g/mol. The van der Waals surface area contributed by atoms with Crippen molar-refractivity contribution in [3.05, 3.63) is 34.9 Å². The van der Waals surface area contributed by atoms with Crippen molar-refractivity contribution in [1.82, 2.24) is 4.90 Å². The fourth-order valence-corrected chi connectivity index (χ4v) is 2.09. The normalized spacial score (nSPS) is 14.9. The summed E-state index contributed by atoms with van der Waals surface area (Å²) in [4.78, 5) is 14.0. The third-order valence-corrected chi connectivity index (χ3v) is 3.05. The van der Waals surface area contributed by atoms with Gasteiger partial charge in [0.25, 0.3) is 5.91 Å². The minimum atomic E-state index is 0.0330. The van der Waals surface area contributed by atoms with E-state index in [1.807, 2.05) is 4.90 Å². The van der Waals surface area contributed by atoms with Crippen LogP contribution in [0.3, 0.4) is 0 Å². The van der Waals surface area contributed by atoms with Gasteiger partial charge in [-0.15, -0.1) is 11.6 Å². The van der Waals surface area contributed by atoms with Crippen molar-refractivity contribution < 1.29 is 4.79 Å². The van der Waals surface area contributed by atoms with Crippen molar-refractivity contribution in [1.29, 1.82) is 0 Å². The average Bonchev–Trinajstić information content (AvgIpc) is 3.09. The lowest BCUT2D eigenvalue weighted by Gasteiger charge is -2.21. The Labute approximate surface area is 105 Å². The molecule has 2 rings (SSSR count). The topological polar surface area (TPSA) is 20.3 Å². The van der Waals surface area contributed by atoms with Gasteiger partial charge in [0.05, 0.1) is 0 Å².